The van der Waals surface area contributed by atoms with Crippen LogP contribution in [0.4, 0.5) is 9.18 Å². The fourth-order valence-electron chi connectivity index (χ4n) is 4.01. The van der Waals surface area contributed by atoms with Gasteiger partial charge in [-0.1, -0.05) is 37.3 Å². The number of aliphatic hydroxyl groups excluding tert-OH is 1. The molecule has 2 amide bonds. The van der Waals surface area contributed by atoms with Gasteiger partial charge in [0.1, 0.15) is 17.1 Å². The zero-order valence-electron chi connectivity index (χ0n) is 20.7. The first kappa shape index (κ1) is 26.2. The number of aliphatic hydroxyl groups is 1. The Kier molecular flexibility index (Phi) is 8.51. The van der Waals surface area contributed by atoms with E-state index in [-0.39, 0.29) is 36.7 Å². The van der Waals surface area contributed by atoms with Crippen LogP contribution in [0.2, 0.25) is 0 Å². The van der Waals surface area contributed by atoms with Gasteiger partial charge in [-0.15, -0.1) is 0 Å². The predicted octanol–water partition coefficient (Wildman–Crippen LogP) is 4.86. The van der Waals surface area contributed by atoms with Crippen molar-refractivity contribution in [1.82, 2.24) is 15.6 Å². The molecule has 0 aliphatic carbocycles. The Labute approximate surface area is 205 Å². The number of halogens is 1. The maximum atomic E-state index is 14.0. The van der Waals surface area contributed by atoms with Crippen molar-refractivity contribution >= 4 is 22.9 Å². The molecule has 35 heavy (non-hydrogen) atoms. The van der Waals surface area contributed by atoms with Crippen LogP contribution in [0, 0.1) is 17.7 Å². The number of ether oxygens (including phenoxy) is 1. The molecule has 0 radical (unpaired) electrons. The molecule has 2 aromatic carbocycles. The SMILES string of the molecule is C[C@@H](CNC(=O)c1[nH]c2ccc(F)cc2c1-c1ccccc1)CC(CO)CNC(=O)OC(C)(C)C. The van der Waals surface area contributed by atoms with E-state index in [1.807, 2.05) is 37.3 Å². The van der Waals surface area contributed by atoms with Crippen LogP contribution in [-0.4, -0.2) is 47.4 Å². The van der Waals surface area contributed by atoms with Gasteiger partial charge in [-0.25, -0.2) is 9.18 Å². The van der Waals surface area contributed by atoms with Crippen molar-refractivity contribution in [2.45, 2.75) is 39.7 Å². The minimum absolute atomic E-state index is 0.0403. The van der Waals surface area contributed by atoms with Crippen LogP contribution >= 0.6 is 0 Å². The third-order valence-electron chi connectivity index (χ3n) is 5.59. The summed E-state index contributed by atoms with van der Waals surface area (Å²) in [6.07, 6.45) is 0.0661. The number of rotatable bonds is 9. The highest BCUT2D eigenvalue weighted by Gasteiger charge is 2.22. The Morgan fingerprint density at radius 3 is 2.46 bits per heavy atom. The number of carbonyl (C=O) groups is 2. The maximum absolute atomic E-state index is 14.0. The summed E-state index contributed by atoms with van der Waals surface area (Å²) in [5.74, 6) is -0.798. The summed E-state index contributed by atoms with van der Waals surface area (Å²) in [5.41, 5.74) is 1.92. The second kappa shape index (κ2) is 11.4. The van der Waals surface area contributed by atoms with Gasteiger partial charge in [0.05, 0.1) is 0 Å². The second-order valence-electron chi connectivity index (χ2n) is 9.91. The molecule has 188 valence electrons. The Balaban J connectivity index is 1.65. The summed E-state index contributed by atoms with van der Waals surface area (Å²) in [6.45, 7) is 7.87. The number of alkyl carbamates (subject to hydrolysis) is 1. The molecule has 1 heterocycles. The van der Waals surface area contributed by atoms with Crippen molar-refractivity contribution in [3.8, 4) is 11.1 Å². The average Bonchev–Trinajstić information content (AvgIpc) is 3.18. The van der Waals surface area contributed by atoms with E-state index in [0.29, 0.717) is 35.1 Å². The first-order valence-corrected chi connectivity index (χ1v) is 11.8. The summed E-state index contributed by atoms with van der Waals surface area (Å²) < 4.78 is 19.2. The Morgan fingerprint density at radius 2 is 1.80 bits per heavy atom. The van der Waals surface area contributed by atoms with Gasteiger partial charge in [0.25, 0.3) is 5.91 Å². The number of aromatic amines is 1. The van der Waals surface area contributed by atoms with Gasteiger partial charge < -0.3 is 25.5 Å². The highest BCUT2D eigenvalue weighted by Crippen LogP contribution is 2.33. The Hall–Kier alpha value is -3.39. The van der Waals surface area contributed by atoms with E-state index in [2.05, 4.69) is 15.6 Å². The van der Waals surface area contributed by atoms with Crippen molar-refractivity contribution in [3.63, 3.8) is 0 Å². The minimum Gasteiger partial charge on any atom is -0.444 e. The molecule has 3 rings (SSSR count). The predicted molar refractivity (Wildman–Crippen MR) is 135 cm³/mol. The number of fused-ring (bicyclic) bond motifs is 1. The molecule has 1 unspecified atom stereocenters. The number of benzene rings is 2. The number of hydrogen-bond acceptors (Lipinski definition) is 4. The lowest BCUT2D eigenvalue weighted by Gasteiger charge is -2.23. The zero-order valence-corrected chi connectivity index (χ0v) is 20.7. The average molecular weight is 484 g/mol. The summed E-state index contributed by atoms with van der Waals surface area (Å²) >= 11 is 0. The highest BCUT2D eigenvalue weighted by molar-refractivity contribution is 6.09. The van der Waals surface area contributed by atoms with Crippen LogP contribution in [0.25, 0.3) is 22.0 Å². The summed E-state index contributed by atoms with van der Waals surface area (Å²) in [5, 5.41) is 16.0. The maximum Gasteiger partial charge on any atom is 0.407 e. The van der Waals surface area contributed by atoms with E-state index < -0.39 is 11.7 Å². The third-order valence-corrected chi connectivity index (χ3v) is 5.59. The smallest absolute Gasteiger partial charge is 0.407 e. The molecule has 0 saturated carbocycles. The molecule has 0 aliphatic rings. The van der Waals surface area contributed by atoms with Gasteiger partial charge in [0.15, 0.2) is 0 Å². The number of aromatic nitrogens is 1. The molecular formula is C27H34FN3O4. The Morgan fingerprint density at radius 1 is 1.09 bits per heavy atom. The lowest BCUT2D eigenvalue weighted by atomic mass is 9.96. The highest BCUT2D eigenvalue weighted by atomic mass is 19.1. The fourth-order valence-corrected chi connectivity index (χ4v) is 4.01. The number of amides is 2. The number of carbonyl (C=O) groups excluding carboxylic acids is 2. The lowest BCUT2D eigenvalue weighted by Crippen LogP contribution is -2.37. The first-order chi connectivity index (χ1) is 16.6. The number of nitrogens with one attached hydrogen (secondary N) is 3. The minimum atomic E-state index is -0.594. The van der Waals surface area contributed by atoms with E-state index in [1.165, 1.54) is 12.1 Å². The Bertz CT molecular complexity index is 1150. The van der Waals surface area contributed by atoms with Crippen molar-refractivity contribution in [2.24, 2.45) is 11.8 Å². The van der Waals surface area contributed by atoms with Crippen molar-refractivity contribution in [3.05, 3.63) is 60.0 Å². The van der Waals surface area contributed by atoms with Crippen LogP contribution < -0.4 is 10.6 Å². The molecule has 7 nitrogen and oxygen atoms in total. The van der Waals surface area contributed by atoms with Crippen LogP contribution in [0.3, 0.4) is 0 Å². The van der Waals surface area contributed by atoms with E-state index in [9.17, 15) is 19.1 Å². The van der Waals surface area contributed by atoms with Gasteiger partial charge >= 0.3 is 6.09 Å². The van der Waals surface area contributed by atoms with E-state index in [1.54, 1.807) is 26.8 Å². The van der Waals surface area contributed by atoms with E-state index in [0.717, 1.165) is 5.56 Å². The molecule has 2 atom stereocenters. The van der Waals surface area contributed by atoms with Gasteiger partial charge in [0.2, 0.25) is 0 Å². The fraction of sp³-hybridized carbons (Fsp3) is 0.407. The van der Waals surface area contributed by atoms with Gasteiger partial charge in [-0.2, -0.15) is 0 Å². The van der Waals surface area contributed by atoms with E-state index >= 15 is 0 Å². The molecule has 0 bridgehead atoms. The summed E-state index contributed by atoms with van der Waals surface area (Å²) in [4.78, 5) is 28.2. The second-order valence-corrected chi connectivity index (χ2v) is 9.91. The molecule has 0 saturated heterocycles. The normalized spacial score (nSPS) is 13.3. The largest absolute Gasteiger partial charge is 0.444 e. The zero-order chi connectivity index (χ0) is 25.6. The number of hydrogen-bond donors (Lipinski definition) is 4. The third kappa shape index (κ3) is 7.29. The number of H-pyrrole nitrogens is 1. The van der Waals surface area contributed by atoms with Crippen LogP contribution in [0.1, 0.15) is 44.6 Å². The molecule has 3 aromatic rings. The standard InChI is InChI=1S/C27H34FN3O4/c1-17(12-18(16-32)15-30-26(34)35-27(2,3)4)14-29-25(33)24-23(19-8-6-5-7-9-19)21-13-20(28)10-11-22(21)31-24/h5-11,13,17-18,31-32H,12,14-16H2,1-4H3,(H,29,33)(H,30,34)/t17-,18?/m1/s1. The monoisotopic (exact) mass is 483 g/mol. The van der Waals surface area contributed by atoms with E-state index in [4.69, 9.17) is 4.74 Å². The summed E-state index contributed by atoms with van der Waals surface area (Å²) in [6, 6.07) is 13.8. The van der Waals surface area contributed by atoms with Gasteiger partial charge in [0, 0.05) is 36.2 Å². The molecule has 0 fully saturated rings. The van der Waals surface area contributed by atoms with Gasteiger partial charge in [-0.05, 0) is 62.8 Å². The topological polar surface area (TPSA) is 103 Å². The molecule has 4 N–H and O–H groups in total. The van der Waals surface area contributed by atoms with Crippen molar-refractivity contribution in [1.29, 1.82) is 0 Å². The van der Waals surface area contributed by atoms with Gasteiger partial charge in [-0.3, -0.25) is 4.79 Å². The quantitative estimate of drug-likeness (QED) is 0.349. The van der Waals surface area contributed by atoms with Crippen LogP contribution in [0.15, 0.2) is 48.5 Å². The van der Waals surface area contributed by atoms with Crippen molar-refractivity contribution < 1.29 is 23.8 Å². The molecule has 8 heteroatoms. The molecule has 1 aromatic heterocycles. The molecular weight excluding hydrogens is 449 g/mol. The summed E-state index contributed by atoms with van der Waals surface area (Å²) in [7, 11) is 0. The molecule has 0 aliphatic heterocycles. The molecule has 0 spiro atoms. The lowest BCUT2D eigenvalue weighted by molar-refractivity contribution is 0.0509. The van der Waals surface area contributed by atoms with Crippen LogP contribution in [-0.2, 0) is 4.74 Å². The first-order valence-electron chi connectivity index (χ1n) is 11.8. The van der Waals surface area contributed by atoms with Crippen LogP contribution in [0.5, 0.6) is 0 Å². The van der Waals surface area contributed by atoms with Crippen molar-refractivity contribution in [2.75, 3.05) is 19.7 Å².